The number of hydrogen-bond donors (Lipinski definition) is 0. The second kappa shape index (κ2) is 6.42. The van der Waals surface area contributed by atoms with E-state index in [-0.39, 0.29) is 11.4 Å². The lowest BCUT2D eigenvalue weighted by molar-refractivity contribution is 0.623. The molecule has 138 valence electrons. The molecule has 0 saturated heterocycles. The molecule has 0 saturated carbocycles. The smallest absolute Gasteiger partial charge is 0.130 e. The lowest BCUT2D eigenvalue weighted by atomic mass is 10.0. The van der Waals surface area contributed by atoms with E-state index in [1.165, 1.54) is 22.3 Å². The minimum Gasteiger partial charge on any atom is -0.206 e. The van der Waals surface area contributed by atoms with Gasteiger partial charge in [-0.25, -0.2) is 4.39 Å². The van der Waals surface area contributed by atoms with Crippen molar-refractivity contribution in [1.82, 2.24) is 0 Å². The number of allylic oxidation sites excluding steroid dienone is 2. The van der Waals surface area contributed by atoms with Gasteiger partial charge in [-0.1, -0.05) is 98.1 Å². The van der Waals surface area contributed by atoms with Crippen LogP contribution in [0.25, 0.3) is 17.7 Å². The van der Waals surface area contributed by atoms with Crippen molar-refractivity contribution in [2.75, 3.05) is 0 Å². The molecule has 0 bridgehead atoms. The zero-order chi connectivity index (χ0) is 19.3. The molecular formula is C26H23FSi. The van der Waals surface area contributed by atoms with Crippen LogP contribution in [0.15, 0.2) is 78.9 Å². The van der Waals surface area contributed by atoms with E-state index < -0.39 is 8.07 Å². The maximum absolute atomic E-state index is 14.8. The summed E-state index contributed by atoms with van der Waals surface area (Å²) in [5.74, 6) is -0.126. The van der Waals surface area contributed by atoms with E-state index in [0.29, 0.717) is 5.54 Å². The molecule has 0 spiro atoms. The van der Waals surface area contributed by atoms with E-state index >= 15 is 0 Å². The molecule has 2 aliphatic carbocycles. The van der Waals surface area contributed by atoms with Crippen molar-refractivity contribution in [2.24, 2.45) is 0 Å². The van der Waals surface area contributed by atoms with Crippen molar-refractivity contribution in [3.8, 4) is 0 Å². The van der Waals surface area contributed by atoms with Gasteiger partial charge in [0.05, 0.1) is 8.07 Å². The fourth-order valence-corrected chi connectivity index (χ4v) is 9.25. The molecule has 0 heterocycles. The first-order chi connectivity index (χ1) is 13.6. The lowest BCUT2D eigenvalue weighted by Gasteiger charge is -2.38. The third kappa shape index (κ3) is 2.55. The monoisotopic (exact) mass is 382 g/mol. The first kappa shape index (κ1) is 17.4. The van der Waals surface area contributed by atoms with Crippen LogP contribution in [-0.4, -0.2) is 8.07 Å². The first-order valence-corrected chi connectivity index (χ1v) is 13.1. The van der Waals surface area contributed by atoms with Gasteiger partial charge in [-0.3, -0.25) is 0 Å². The van der Waals surface area contributed by atoms with Gasteiger partial charge in [-0.2, -0.15) is 0 Å². The minimum absolute atomic E-state index is 0.126. The molecule has 0 fully saturated rings. The third-order valence-electron chi connectivity index (χ3n) is 6.46. The highest BCUT2D eigenvalue weighted by molar-refractivity contribution is 6.82. The summed E-state index contributed by atoms with van der Waals surface area (Å²) in [4.78, 5) is 0. The van der Waals surface area contributed by atoms with Crippen LogP contribution in [0.3, 0.4) is 0 Å². The summed E-state index contributed by atoms with van der Waals surface area (Å²) < 4.78 is 14.8. The Morgan fingerprint density at radius 1 is 0.750 bits per heavy atom. The van der Waals surface area contributed by atoms with Crippen LogP contribution >= 0.6 is 0 Å². The molecule has 0 radical (unpaired) electrons. The molecule has 0 nitrogen and oxygen atoms in total. The van der Waals surface area contributed by atoms with Gasteiger partial charge in [0.25, 0.3) is 0 Å². The molecular weight excluding hydrogens is 359 g/mol. The molecule has 5 rings (SSSR count). The van der Waals surface area contributed by atoms with E-state index in [9.17, 15) is 4.39 Å². The second-order valence-corrected chi connectivity index (χ2v) is 13.3. The van der Waals surface area contributed by atoms with Crippen LogP contribution in [0.1, 0.15) is 38.9 Å². The van der Waals surface area contributed by atoms with Gasteiger partial charge in [-0.05, 0) is 39.4 Å². The summed E-state index contributed by atoms with van der Waals surface area (Å²) >= 11 is 0. The Morgan fingerprint density at radius 3 is 2.18 bits per heavy atom. The van der Waals surface area contributed by atoms with Gasteiger partial charge in [0, 0.05) is 11.1 Å². The van der Waals surface area contributed by atoms with E-state index in [1.807, 2.05) is 12.1 Å². The number of hydrogen-bond acceptors (Lipinski definition) is 0. The molecule has 3 aromatic rings. The lowest BCUT2D eigenvalue weighted by Crippen LogP contribution is -2.41. The summed E-state index contributed by atoms with van der Waals surface area (Å²) in [6, 6.07) is 24.5. The van der Waals surface area contributed by atoms with E-state index in [0.717, 1.165) is 11.1 Å². The topological polar surface area (TPSA) is 0 Å². The van der Waals surface area contributed by atoms with E-state index in [2.05, 4.69) is 79.9 Å². The standard InChI is InChI=1S/C26H23FSi/c1-28(2,25-16-15-18-9-3-5-11-20(18)25)26-21-12-6-4-10-19(21)17-23(26)22-13-7-8-14-24(22)27/h3-17,25-26H,1-2H3. The molecule has 0 N–H and O–H groups in total. The Morgan fingerprint density at radius 2 is 1.39 bits per heavy atom. The predicted octanol–water partition coefficient (Wildman–Crippen LogP) is 7.06. The fourth-order valence-electron chi connectivity index (χ4n) is 5.13. The Labute approximate surface area is 167 Å². The minimum atomic E-state index is -1.93. The molecule has 2 heteroatoms. The molecule has 2 unspecified atom stereocenters. The molecule has 3 aromatic carbocycles. The Bertz CT molecular complexity index is 1120. The van der Waals surface area contributed by atoms with Gasteiger partial charge in [0.15, 0.2) is 0 Å². The second-order valence-electron chi connectivity index (χ2n) is 8.43. The van der Waals surface area contributed by atoms with Crippen LogP contribution in [0.2, 0.25) is 13.1 Å². The normalized spacial score (nSPS) is 20.0. The van der Waals surface area contributed by atoms with Crippen LogP contribution in [0, 0.1) is 5.82 Å². The van der Waals surface area contributed by atoms with Gasteiger partial charge >= 0.3 is 0 Å². The first-order valence-electron chi connectivity index (χ1n) is 9.90. The van der Waals surface area contributed by atoms with Crippen LogP contribution in [-0.2, 0) is 0 Å². The SMILES string of the molecule is C[Si](C)(C1C=Cc2ccccc21)C1C(c2ccccc2F)=Cc2ccccc21. The third-order valence-corrected chi connectivity index (χ3v) is 10.7. The summed E-state index contributed by atoms with van der Waals surface area (Å²) in [6.45, 7) is 4.93. The van der Waals surface area contributed by atoms with Crippen molar-refractivity contribution < 1.29 is 4.39 Å². The van der Waals surface area contributed by atoms with Crippen molar-refractivity contribution in [3.63, 3.8) is 0 Å². The number of halogens is 1. The maximum Gasteiger partial charge on any atom is 0.130 e. The Balaban J connectivity index is 1.67. The quantitative estimate of drug-likeness (QED) is 0.425. The molecule has 2 atom stereocenters. The highest BCUT2D eigenvalue weighted by atomic mass is 28.3. The van der Waals surface area contributed by atoms with Gasteiger partial charge in [-0.15, -0.1) is 0 Å². The number of rotatable bonds is 3. The van der Waals surface area contributed by atoms with Crippen LogP contribution < -0.4 is 0 Å². The van der Waals surface area contributed by atoms with E-state index in [1.54, 1.807) is 12.1 Å². The Kier molecular flexibility index (Phi) is 3.99. The van der Waals surface area contributed by atoms with Crippen molar-refractivity contribution in [2.45, 2.75) is 24.2 Å². The highest BCUT2D eigenvalue weighted by Gasteiger charge is 2.46. The van der Waals surface area contributed by atoms with Crippen LogP contribution in [0.4, 0.5) is 4.39 Å². The van der Waals surface area contributed by atoms with Crippen molar-refractivity contribution >= 4 is 25.8 Å². The summed E-state index contributed by atoms with van der Waals surface area (Å²) in [5, 5.41) is 0. The molecule has 28 heavy (non-hydrogen) atoms. The largest absolute Gasteiger partial charge is 0.206 e. The average molecular weight is 383 g/mol. The Hall–Kier alpha value is -2.71. The summed E-state index contributed by atoms with van der Waals surface area (Å²) in [7, 11) is -1.93. The molecule has 0 aromatic heterocycles. The van der Waals surface area contributed by atoms with E-state index in [4.69, 9.17) is 0 Å². The van der Waals surface area contributed by atoms with Gasteiger partial charge in [0.2, 0.25) is 0 Å². The van der Waals surface area contributed by atoms with Crippen molar-refractivity contribution in [1.29, 1.82) is 0 Å². The van der Waals surface area contributed by atoms with Gasteiger partial charge in [0.1, 0.15) is 5.82 Å². The van der Waals surface area contributed by atoms with Crippen molar-refractivity contribution in [3.05, 3.63) is 113 Å². The zero-order valence-electron chi connectivity index (χ0n) is 16.2. The average Bonchev–Trinajstić information content (AvgIpc) is 3.30. The maximum atomic E-state index is 14.8. The number of fused-ring (bicyclic) bond motifs is 2. The number of benzene rings is 3. The zero-order valence-corrected chi connectivity index (χ0v) is 17.2. The molecule has 2 aliphatic rings. The summed E-state index contributed by atoms with van der Waals surface area (Å²) in [6.07, 6.45) is 6.87. The summed E-state index contributed by atoms with van der Waals surface area (Å²) in [5.41, 5.74) is 7.94. The predicted molar refractivity (Wildman–Crippen MR) is 119 cm³/mol. The molecule has 0 aliphatic heterocycles. The molecule has 0 amide bonds. The van der Waals surface area contributed by atoms with Crippen LogP contribution in [0.5, 0.6) is 0 Å². The highest BCUT2D eigenvalue weighted by Crippen LogP contribution is 2.52. The fraction of sp³-hybridized carbons (Fsp3) is 0.154. The van der Waals surface area contributed by atoms with Gasteiger partial charge < -0.3 is 0 Å².